The van der Waals surface area contributed by atoms with Crippen LogP contribution in [0.25, 0.3) is 0 Å². The largest absolute Gasteiger partial charge is 0.482 e. The molecule has 0 heterocycles. The molecule has 0 aliphatic carbocycles. The number of amides is 1. The predicted molar refractivity (Wildman–Crippen MR) is 116 cm³/mol. The van der Waals surface area contributed by atoms with Gasteiger partial charge in [-0.1, -0.05) is 47.5 Å². The van der Waals surface area contributed by atoms with Crippen LogP contribution in [0.1, 0.15) is 15.9 Å². The standard InChI is InChI=1S/C22H16Cl2N2O4/c23-18-7-4-8-19(21(18)24)29-14-20(27)26-25-13-15-9-11-17(12-10-15)30-22(28)16-5-2-1-3-6-16/h1-13H,14H2,(H,26,27). The topological polar surface area (TPSA) is 77.0 Å². The number of hydrogen-bond donors (Lipinski definition) is 1. The van der Waals surface area contributed by atoms with E-state index in [0.717, 1.165) is 0 Å². The quantitative estimate of drug-likeness (QED) is 0.248. The lowest BCUT2D eigenvalue weighted by atomic mass is 10.2. The first-order valence-electron chi connectivity index (χ1n) is 8.79. The maximum absolute atomic E-state index is 12.0. The summed E-state index contributed by atoms with van der Waals surface area (Å²) in [6, 6.07) is 20.3. The van der Waals surface area contributed by atoms with Crippen molar-refractivity contribution in [2.24, 2.45) is 5.10 Å². The van der Waals surface area contributed by atoms with Crippen LogP contribution in [0.4, 0.5) is 0 Å². The molecule has 8 heteroatoms. The van der Waals surface area contributed by atoms with Crippen molar-refractivity contribution >= 4 is 41.3 Å². The van der Waals surface area contributed by atoms with Crippen molar-refractivity contribution in [1.29, 1.82) is 0 Å². The Morgan fingerprint density at radius 2 is 1.67 bits per heavy atom. The zero-order valence-corrected chi connectivity index (χ0v) is 17.1. The third kappa shape index (κ3) is 6.07. The Morgan fingerprint density at radius 3 is 2.40 bits per heavy atom. The Kier molecular flexibility index (Phi) is 7.43. The molecule has 3 aromatic rings. The highest BCUT2D eigenvalue weighted by atomic mass is 35.5. The van der Waals surface area contributed by atoms with Crippen molar-refractivity contribution in [3.05, 3.63) is 94.0 Å². The monoisotopic (exact) mass is 442 g/mol. The van der Waals surface area contributed by atoms with Crippen LogP contribution in [0, 0.1) is 0 Å². The molecule has 0 aliphatic heterocycles. The van der Waals surface area contributed by atoms with E-state index in [9.17, 15) is 9.59 Å². The molecule has 152 valence electrons. The lowest BCUT2D eigenvalue weighted by Gasteiger charge is -2.07. The number of carbonyl (C=O) groups excluding carboxylic acids is 2. The van der Waals surface area contributed by atoms with Crippen molar-refractivity contribution in [3.8, 4) is 11.5 Å². The Morgan fingerprint density at radius 1 is 0.933 bits per heavy atom. The molecular formula is C22H16Cl2N2O4. The van der Waals surface area contributed by atoms with E-state index in [1.54, 1.807) is 66.7 Å². The fourth-order valence-electron chi connectivity index (χ4n) is 2.31. The highest BCUT2D eigenvalue weighted by Crippen LogP contribution is 2.31. The van der Waals surface area contributed by atoms with Crippen molar-refractivity contribution in [2.75, 3.05) is 6.61 Å². The maximum atomic E-state index is 12.0. The SMILES string of the molecule is O=C(COc1cccc(Cl)c1Cl)NN=Cc1ccc(OC(=O)c2ccccc2)cc1. The first-order chi connectivity index (χ1) is 14.5. The van der Waals surface area contributed by atoms with Gasteiger partial charge in [0.25, 0.3) is 5.91 Å². The van der Waals surface area contributed by atoms with Crippen molar-refractivity contribution < 1.29 is 19.1 Å². The summed E-state index contributed by atoms with van der Waals surface area (Å²) in [4.78, 5) is 23.9. The normalized spacial score (nSPS) is 10.6. The van der Waals surface area contributed by atoms with E-state index < -0.39 is 11.9 Å². The lowest BCUT2D eigenvalue weighted by Crippen LogP contribution is -2.24. The third-order valence-corrected chi connectivity index (χ3v) is 4.58. The van der Waals surface area contributed by atoms with Gasteiger partial charge in [-0.25, -0.2) is 10.2 Å². The number of rotatable bonds is 7. The average Bonchev–Trinajstić information content (AvgIpc) is 2.76. The van der Waals surface area contributed by atoms with Gasteiger partial charge in [-0.15, -0.1) is 0 Å². The summed E-state index contributed by atoms with van der Waals surface area (Å²) in [6.07, 6.45) is 1.45. The van der Waals surface area contributed by atoms with Crippen molar-refractivity contribution in [2.45, 2.75) is 0 Å². The van der Waals surface area contributed by atoms with Gasteiger partial charge in [-0.2, -0.15) is 5.10 Å². The molecule has 0 radical (unpaired) electrons. The number of carbonyl (C=O) groups is 2. The smallest absolute Gasteiger partial charge is 0.343 e. The summed E-state index contributed by atoms with van der Waals surface area (Å²) >= 11 is 11.9. The zero-order valence-electron chi connectivity index (χ0n) is 15.5. The molecule has 6 nitrogen and oxygen atoms in total. The molecule has 0 saturated heterocycles. The molecule has 0 saturated carbocycles. The summed E-state index contributed by atoms with van der Waals surface area (Å²) in [5, 5.41) is 4.44. The Hall–Kier alpha value is -3.35. The van der Waals surface area contributed by atoms with Crippen LogP contribution in [-0.4, -0.2) is 24.7 Å². The molecule has 0 fully saturated rings. The molecule has 0 atom stereocenters. The van der Waals surface area contributed by atoms with E-state index in [1.807, 2.05) is 6.07 Å². The van der Waals surface area contributed by atoms with Gasteiger partial charge in [0.2, 0.25) is 0 Å². The second-order valence-electron chi connectivity index (χ2n) is 5.96. The summed E-state index contributed by atoms with van der Waals surface area (Å²) in [5.74, 6) is -0.194. The summed E-state index contributed by atoms with van der Waals surface area (Å²) < 4.78 is 10.6. The van der Waals surface area contributed by atoms with Gasteiger partial charge in [-0.05, 0) is 54.1 Å². The van der Waals surface area contributed by atoms with Gasteiger partial charge in [-0.3, -0.25) is 4.79 Å². The van der Waals surface area contributed by atoms with Gasteiger partial charge in [0, 0.05) is 0 Å². The average molecular weight is 443 g/mol. The van der Waals surface area contributed by atoms with Crippen molar-refractivity contribution in [1.82, 2.24) is 5.43 Å². The van der Waals surface area contributed by atoms with Crippen LogP contribution < -0.4 is 14.9 Å². The van der Waals surface area contributed by atoms with Crippen LogP contribution in [-0.2, 0) is 4.79 Å². The number of hydrazone groups is 1. The zero-order chi connectivity index (χ0) is 21.3. The molecule has 0 spiro atoms. The molecular weight excluding hydrogens is 427 g/mol. The van der Waals surface area contributed by atoms with E-state index in [2.05, 4.69) is 10.5 Å². The minimum Gasteiger partial charge on any atom is -0.482 e. The summed E-state index contributed by atoms with van der Waals surface area (Å²) in [5.41, 5.74) is 3.52. The van der Waals surface area contributed by atoms with Crippen LogP contribution in [0.3, 0.4) is 0 Å². The predicted octanol–water partition coefficient (Wildman–Crippen LogP) is 4.74. The molecule has 0 aliphatic rings. The Bertz CT molecular complexity index is 1050. The third-order valence-electron chi connectivity index (χ3n) is 3.78. The fraction of sp³-hybridized carbons (Fsp3) is 0.0455. The van der Waals surface area contributed by atoms with Crippen molar-refractivity contribution in [3.63, 3.8) is 0 Å². The van der Waals surface area contributed by atoms with Crippen LogP contribution >= 0.6 is 23.2 Å². The number of halogens is 2. The summed E-state index contributed by atoms with van der Waals surface area (Å²) in [6.45, 7) is -0.272. The molecule has 1 amide bonds. The van der Waals surface area contributed by atoms with Crippen LogP contribution in [0.2, 0.25) is 10.0 Å². The van der Waals surface area contributed by atoms with Gasteiger partial charge in [0.15, 0.2) is 6.61 Å². The molecule has 0 unspecified atom stereocenters. The van der Waals surface area contributed by atoms with Crippen LogP contribution in [0.5, 0.6) is 11.5 Å². The minimum atomic E-state index is -0.462. The minimum absolute atomic E-state index is 0.239. The van der Waals surface area contributed by atoms with E-state index in [4.69, 9.17) is 32.7 Å². The molecule has 30 heavy (non-hydrogen) atoms. The molecule has 3 rings (SSSR count). The lowest BCUT2D eigenvalue weighted by molar-refractivity contribution is -0.123. The van der Waals surface area contributed by atoms with E-state index >= 15 is 0 Å². The van der Waals surface area contributed by atoms with Gasteiger partial charge in [0.1, 0.15) is 16.5 Å². The molecule has 0 aromatic heterocycles. The van der Waals surface area contributed by atoms with E-state index in [-0.39, 0.29) is 11.6 Å². The second-order valence-corrected chi connectivity index (χ2v) is 6.74. The van der Waals surface area contributed by atoms with E-state index in [1.165, 1.54) is 6.21 Å². The van der Waals surface area contributed by atoms with E-state index in [0.29, 0.717) is 27.6 Å². The van der Waals surface area contributed by atoms with Gasteiger partial charge >= 0.3 is 5.97 Å². The first-order valence-corrected chi connectivity index (χ1v) is 9.54. The highest BCUT2D eigenvalue weighted by Gasteiger charge is 2.08. The van der Waals surface area contributed by atoms with Gasteiger partial charge < -0.3 is 9.47 Å². The van der Waals surface area contributed by atoms with Gasteiger partial charge in [0.05, 0.1) is 16.8 Å². The summed E-state index contributed by atoms with van der Waals surface area (Å²) in [7, 11) is 0. The number of hydrogen-bond acceptors (Lipinski definition) is 5. The number of benzene rings is 3. The molecule has 0 bridgehead atoms. The Labute approximate surface area is 183 Å². The molecule has 3 aromatic carbocycles. The van der Waals surface area contributed by atoms with Crippen LogP contribution in [0.15, 0.2) is 77.9 Å². The number of esters is 1. The molecule has 1 N–H and O–H groups in total. The highest BCUT2D eigenvalue weighted by molar-refractivity contribution is 6.42. The maximum Gasteiger partial charge on any atom is 0.343 e. The number of nitrogens with one attached hydrogen (secondary N) is 1. The number of nitrogens with zero attached hydrogens (tertiary/aromatic N) is 1. The number of ether oxygens (including phenoxy) is 2. The Balaban J connectivity index is 1.47. The fourth-order valence-corrected chi connectivity index (χ4v) is 2.66. The first kappa shape index (κ1) is 21.4. The second kappa shape index (κ2) is 10.4.